The van der Waals surface area contributed by atoms with Gasteiger partial charge in [-0.15, -0.1) is 0 Å². The number of rotatable bonds is 2. The molecule has 2 heteroatoms. The molecule has 0 spiro atoms. The third-order valence-corrected chi connectivity index (χ3v) is 2.21. The number of nitrogens with two attached hydrogens (primary N) is 1. The first-order chi connectivity index (χ1) is 5.84. The molecule has 0 amide bonds. The number of hydrogen-bond donors (Lipinski definition) is 1. The first-order valence-electron chi connectivity index (χ1n) is 4.37. The summed E-state index contributed by atoms with van der Waals surface area (Å²) in [6, 6.07) is 7.62. The topological polar surface area (TPSA) is 35.2 Å². The van der Waals surface area contributed by atoms with E-state index < -0.39 is 0 Å². The summed E-state index contributed by atoms with van der Waals surface area (Å²) in [5, 5.41) is 0. The van der Waals surface area contributed by atoms with Gasteiger partial charge in [-0.2, -0.15) is 0 Å². The molecule has 1 aromatic rings. The average molecular weight is 163 g/mol. The fourth-order valence-electron chi connectivity index (χ4n) is 1.27. The quantitative estimate of drug-likeness (QED) is 0.678. The molecule has 0 heterocycles. The third kappa shape index (κ3) is 1.52. The van der Waals surface area contributed by atoms with Crippen molar-refractivity contribution in [1.29, 1.82) is 0 Å². The van der Waals surface area contributed by atoms with Gasteiger partial charge in [0, 0.05) is 11.8 Å². The van der Waals surface area contributed by atoms with Crippen molar-refractivity contribution in [1.82, 2.24) is 0 Å². The Morgan fingerprint density at radius 3 is 2.75 bits per heavy atom. The maximum absolute atomic E-state index is 5.65. The lowest BCUT2D eigenvalue weighted by molar-refractivity contribution is 0.120. The zero-order valence-electron chi connectivity index (χ0n) is 6.99. The molecule has 1 aromatic carbocycles. The zero-order valence-corrected chi connectivity index (χ0v) is 6.99. The standard InChI is InChI=1S/C10H13NO/c11-8-3-1-6-10(7-8)12-9-4-2-5-9/h1,3,6-7,9H,2,4-5,11H2. The molecule has 0 saturated heterocycles. The van der Waals surface area contributed by atoms with Gasteiger partial charge in [0.1, 0.15) is 5.75 Å². The molecule has 1 saturated carbocycles. The van der Waals surface area contributed by atoms with Crippen molar-refractivity contribution in [2.75, 3.05) is 5.73 Å². The molecule has 0 unspecified atom stereocenters. The fourth-order valence-corrected chi connectivity index (χ4v) is 1.27. The lowest BCUT2D eigenvalue weighted by Crippen LogP contribution is -2.24. The first-order valence-corrected chi connectivity index (χ1v) is 4.37. The molecule has 0 atom stereocenters. The van der Waals surface area contributed by atoms with Gasteiger partial charge >= 0.3 is 0 Å². The van der Waals surface area contributed by atoms with Gasteiger partial charge in [-0.25, -0.2) is 0 Å². The van der Waals surface area contributed by atoms with Gasteiger partial charge in [-0.05, 0) is 31.4 Å². The molecule has 64 valence electrons. The molecule has 0 aromatic heterocycles. The maximum atomic E-state index is 5.65. The van der Waals surface area contributed by atoms with Crippen LogP contribution < -0.4 is 10.5 Å². The van der Waals surface area contributed by atoms with Crippen LogP contribution in [0.15, 0.2) is 24.3 Å². The Kier molecular flexibility index (Phi) is 1.90. The van der Waals surface area contributed by atoms with Crippen molar-refractivity contribution in [3.8, 4) is 5.75 Å². The Labute approximate surface area is 72.3 Å². The molecule has 1 aliphatic rings. The Balaban J connectivity index is 2.02. The monoisotopic (exact) mass is 163 g/mol. The largest absolute Gasteiger partial charge is 0.490 e. The first kappa shape index (κ1) is 7.47. The molecule has 0 radical (unpaired) electrons. The second-order valence-electron chi connectivity index (χ2n) is 3.24. The minimum Gasteiger partial charge on any atom is -0.490 e. The SMILES string of the molecule is Nc1cccc(OC2CCC2)c1. The number of anilines is 1. The van der Waals surface area contributed by atoms with Crippen molar-refractivity contribution < 1.29 is 4.74 Å². The van der Waals surface area contributed by atoms with Crippen LogP contribution in [0.4, 0.5) is 5.69 Å². The zero-order chi connectivity index (χ0) is 8.39. The Hall–Kier alpha value is -1.18. The number of hydrogen-bond acceptors (Lipinski definition) is 2. The summed E-state index contributed by atoms with van der Waals surface area (Å²) in [5.74, 6) is 0.903. The summed E-state index contributed by atoms with van der Waals surface area (Å²) in [6.07, 6.45) is 4.11. The second-order valence-corrected chi connectivity index (χ2v) is 3.24. The van der Waals surface area contributed by atoms with E-state index in [1.165, 1.54) is 19.3 Å². The predicted octanol–water partition coefficient (Wildman–Crippen LogP) is 2.20. The van der Waals surface area contributed by atoms with E-state index in [2.05, 4.69) is 0 Å². The third-order valence-electron chi connectivity index (χ3n) is 2.21. The van der Waals surface area contributed by atoms with Crippen LogP contribution in [0.3, 0.4) is 0 Å². The normalized spacial score (nSPS) is 17.0. The van der Waals surface area contributed by atoms with Crippen molar-refractivity contribution in [2.24, 2.45) is 0 Å². The molecule has 12 heavy (non-hydrogen) atoms. The Bertz CT molecular complexity index is 268. The van der Waals surface area contributed by atoms with Gasteiger partial charge in [0.15, 0.2) is 0 Å². The predicted molar refractivity (Wildman–Crippen MR) is 49.1 cm³/mol. The molecule has 2 nitrogen and oxygen atoms in total. The van der Waals surface area contributed by atoms with Crippen molar-refractivity contribution >= 4 is 5.69 Å². The van der Waals surface area contributed by atoms with Crippen molar-refractivity contribution in [2.45, 2.75) is 25.4 Å². The smallest absolute Gasteiger partial charge is 0.121 e. The van der Waals surface area contributed by atoms with Crippen LogP contribution in [0.2, 0.25) is 0 Å². The summed E-state index contributed by atoms with van der Waals surface area (Å²) in [7, 11) is 0. The van der Waals surface area contributed by atoms with Crippen LogP contribution in [0.1, 0.15) is 19.3 Å². The van der Waals surface area contributed by atoms with Crippen molar-refractivity contribution in [3.05, 3.63) is 24.3 Å². The Morgan fingerprint density at radius 1 is 1.33 bits per heavy atom. The van der Waals surface area contributed by atoms with Gasteiger partial charge < -0.3 is 10.5 Å². The molecular weight excluding hydrogens is 150 g/mol. The molecule has 2 rings (SSSR count). The molecule has 1 aliphatic carbocycles. The lowest BCUT2D eigenvalue weighted by atomic mass is 9.96. The summed E-state index contributed by atoms with van der Waals surface area (Å²) in [5.41, 5.74) is 6.38. The Morgan fingerprint density at radius 2 is 2.17 bits per heavy atom. The van der Waals surface area contributed by atoms with E-state index in [1.54, 1.807) is 0 Å². The second kappa shape index (κ2) is 3.05. The highest BCUT2D eigenvalue weighted by Gasteiger charge is 2.18. The van der Waals surface area contributed by atoms with Crippen molar-refractivity contribution in [3.63, 3.8) is 0 Å². The van der Waals surface area contributed by atoms with E-state index >= 15 is 0 Å². The van der Waals surface area contributed by atoms with Gasteiger partial charge in [0.05, 0.1) is 6.10 Å². The molecular formula is C10H13NO. The molecule has 1 fully saturated rings. The van der Waals surface area contributed by atoms with Gasteiger partial charge in [0.2, 0.25) is 0 Å². The molecule has 0 bridgehead atoms. The minimum absolute atomic E-state index is 0.437. The van der Waals surface area contributed by atoms with E-state index in [4.69, 9.17) is 10.5 Å². The highest BCUT2D eigenvalue weighted by atomic mass is 16.5. The van der Waals surface area contributed by atoms with E-state index in [1.807, 2.05) is 24.3 Å². The summed E-state index contributed by atoms with van der Waals surface area (Å²) in [6.45, 7) is 0. The molecule has 0 aliphatic heterocycles. The van der Waals surface area contributed by atoms with Crippen LogP contribution in [0, 0.1) is 0 Å². The highest BCUT2D eigenvalue weighted by molar-refractivity contribution is 5.43. The van der Waals surface area contributed by atoms with E-state index in [9.17, 15) is 0 Å². The summed E-state index contributed by atoms with van der Waals surface area (Å²) < 4.78 is 5.65. The van der Waals surface area contributed by atoms with Gasteiger partial charge in [-0.3, -0.25) is 0 Å². The minimum atomic E-state index is 0.437. The van der Waals surface area contributed by atoms with E-state index in [0.717, 1.165) is 11.4 Å². The molecule has 2 N–H and O–H groups in total. The van der Waals surface area contributed by atoms with Crippen LogP contribution in [-0.2, 0) is 0 Å². The van der Waals surface area contributed by atoms with E-state index in [0.29, 0.717) is 6.10 Å². The summed E-state index contributed by atoms with van der Waals surface area (Å²) >= 11 is 0. The number of nitrogen functional groups attached to an aromatic ring is 1. The fraction of sp³-hybridized carbons (Fsp3) is 0.400. The maximum Gasteiger partial charge on any atom is 0.121 e. The van der Waals surface area contributed by atoms with Crippen LogP contribution in [0.5, 0.6) is 5.75 Å². The lowest BCUT2D eigenvalue weighted by Gasteiger charge is -2.26. The summed E-state index contributed by atoms with van der Waals surface area (Å²) in [4.78, 5) is 0. The average Bonchev–Trinajstić information content (AvgIpc) is 1.97. The van der Waals surface area contributed by atoms with E-state index in [-0.39, 0.29) is 0 Å². The van der Waals surface area contributed by atoms with Gasteiger partial charge in [-0.1, -0.05) is 6.07 Å². The number of ether oxygens (including phenoxy) is 1. The van der Waals surface area contributed by atoms with Gasteiger partial charge in [0.25, 0.3) is 0 Å². The number of benzene rings is 1. The highest BCUT2D eigenvalue weighted by Crippen LogP contribution is 2.25. The van der Waals surface area contributed by atoms with Crippen LogP contribution in [-0.4, -0.2) is 6.10 Å². The van der Waals surface area contributed by atoms with Crippen LogP contribution >= 0.6 is 0 Å². The van der Waals surface area contributed by atoms with Crippen LogP contribution in [0.25, 0.3) is 0 Å².